The molecule has 0 aromatic carbocycles. The topological polar surface area (TPSA) is 111 Å². The van der Waals surface area contributed by atoms with Crippen molar-refractivity contribution < 1.29 is 18.3 Å². The molecular formula is C10H18N4O4S. The van der Waals surface area contributed by atoms with Crippen LogP contribution < -0.4 is 5.73 Å². The van der Waals surface area contributed by atoms with Gasteiger partial charge in [-0.25, -0.2) is 8.42 Å². The number of ether oxygens (including phenoxy) is 1. The summed E-state index contributed by atoms with van der Waals surface area (Å²) in [6, 6.07) is 0. The summed E-state index contributed by atoms with van der Waals surface area (Å²) in [5.41, 5.74) is 5.66. The monoisotopic (exact) mass is 290 g/mol. The number of anilines is 1. The Hall–Kier alpha value is -1.16. The van der Waals surface area contributed by atoms with Gasteiger partial charge in [0.1, 0.15) is 4.90 Å². The predicted octanol–water partition coefficient (Wildman–Crippen LogP) is -1.13. The van der Waals surface area contributed by atoms with Crippen molar-refractivity contribution in [3.8, 4) is 0 Å². The van der Waals surface area contributed by atoms with Gasteiger partial charge in [0.15, 0.2) is 5.82 Å². The van der Waals surface area contributed by atoms with Crippen molar-refractivity contribution in [3.05, 3.63) is 6.20 Å². The Labute approximate surface area is 111 Å². The number of nitrogen functional groups attached to an aromatic ring is 1. The maximum Gasteiger partial charge on any atom is 0.248 e. The third-order valence-electron chi connectivity index (χ3n) is 3.00. The van der Waals surface area contributed by atoms with E-state index >= 15 is 0 Å². The molecule has 1 aromatic heterocycles. The molecule has 1 aliphatic rings. The van der Waals surface area contributed by atoms with E-state index in [1.54, 1.807) is 0 Å². The molecule has 1 fully saturated rings. The van der Waals surface area contributed by atoms with E-state index in [1.165, 1.54) is 15.2 Å². The normalized spacial score (nSPS) is 21.7. The van der Waals surface area contributed by atoms with Crippen LogP contribution in [0.5, 0.6) is 0 Å². The standard InChI is InChI=1S/C10H18N4O4S/c1-2-13-6-9(10(11)12-13)19(16,17)14-3-4-18-8(5-14)7-15/h6,8,15H,2-5,7H2,1H3,(H2,11,12). The van der Waals surface area contributed by atoms with E-state index in [0.29, 0.717) is 6.54 Å². The number of aliphatic hydroxyl groups is 1. The first-order valence-electron chi connectivity index (χ1n) is 6.04. The second-order valence-corrected chi connectivity index (χ2v) is 6.18. The minimum Gasteiger partial charge on any atom is -0.394 e. The second kappa shape index (κ2) is 5.45. The summed E-state index contributed by atoms with van der Waals surface area (Å²) >= 11 is 0. The first-order chi connectivity index (χ1) is 8.98. The van der Waals surface area contributed by atoms with Gasteiger partial charge in [0, 0.05) is 25.8 Å². The van der Waals surface area contributed by atoms with Crippen LogP contribution in [0.2, 0.25) is 0 Å². The number of morpholine rings is 1. The van der Waals surface area contributed by atoms with Crippen molar-refractivity contribution in [2.45, 2.75) is 24.5 Å². The van der Waals surface area contributed by atoms with Crippen LogP contribution in [0.3, 0.4) is 0 Å². The molecule has 1 aliphatic heterocycles. The number of sulfonamides is 1. The lowest BCUT2D eigenvalue weighted by Crippen LogP contribution is -2.46. The van der Waals surface area contributed by atoms with E-state index in [-0.39, 0.29) is 37.0 Å². The summed E-state index contributed by atoms with van der Waals surface area (Å²) in [6.07, 6.45) is 0.930. The quantitative estimate of drug-likeness (QED) is 0.725. The fourth-order valence-electron chi connectivity index (χ4n) is 1.94. The molecule has 8 nitrogen and oxygen atoms in total. The molecule has 2 heterocycles. The van der Waals surface area contributed by atoms with Crippen LogP contribution in [0.15, 0.2) is 11.1 Å². The van der Waals surface area contributed by atoms with Gasteiger partial charge >= 0.3 is 0 Å². The van der Waals surface area contributed by atoms with Crippen LogP contribution in [0.1, 0.15) is 6.92 Å². The van der Waals surface area contributed by atoms with Crippen LogP contribution >= 0.6 is 0 Å². The van der Waals surface area contributed by atoms with Gasteiger partial charge in [0.05, 0.1) is 19.3 Å². The minimum atomic E-state index is -3.69. The maximum atomic E-state index is 12.5. The van der Waals surface area contributed by atoms with Gasteiger partial charge in [-0.3, -0.25) is 4.68 Å². The predicted molar refractivity (Wildman–Crippen MR) is 67.9 cm³/mol. The molecule has 1 aromatic rings. The van der Waals surface area contributed by atoms with Crippen molar-refractivity contribution in [2.24, 2.45) is 0 Å². The van der Waals surface area contributed by atoms with E-state index in [4.69, 9.17) is 15.6 Å². The van der Waals surface area contributed by atoms with E-state index in [1.807, 2.05) is 6.92 Å². The van der Waals surface area contributed by atoms with Crippen molar-refractivity contribution in [2.75, 3.05) is 32.0 Å². The van der Waals surface area contributed by atoms with Crippen molar-refractivity contribution in [3.63, 3.8) is 0 Å². The Balaban J connectivity index is 2.28. The lowest BCUT2D eigenvalue weighted by molar-refractivity contribution is -0.0304. The smallest absolute Gasteiger partial charge is 0.248 e. The number of nitrogens with two attached hydrogens (primary N) is 1. The van der Waals surface area contributed by atoms with E-state index in [9.17, 15) is 8.42 Å². The Morgan fingerprint density at radius 2 is 2.37 bits per heavy atom. The number of aliphatic hydroxyl groups excluding tert-OH is 1. The molecule has 1 atom stereocenters. The SMILES string of the molecule is CCn1cc(S(=O)(=O)N2CCOC(CO)C2)c(N)n1. The first kappa shape index (κ1) is 14.3. The number of aromatic nitrogens is 2. The maximum absolute atomic E-state index is 12.5. The van der Waals surface area contributed by atoms with E-state index < -0.39 is 16.1 Å². The first-order valence-corrected chi connectivity index (χ1v) is 7.48. The summed E-state index contributed by atoms with van der Waals surface area (Å²) in [7, 11) is -3.69. The minimum absolute atomic E-state index is 0.00566. The zero-order chi connectivity index (χ0) is 14.0. The highest BCUT2D eigenvalue weighted by Gasteiger charge is 2.33. The summed E-state index contributed by atoms with van der Waals surface area (Å²) in [5.74, 6) is -0.00566. The molecule has 0 spiro atoms. The highest BCUT2D eigenvalue weighted by molar-refractivity contribution is 7.89. The average Bonchev–Trinajstić information content (AvgIpc) is 2.81. The van der Waals surface area contributed by atoms with Crippen LogP contribution in [0.25, 0.3) is 0 Å². The van der Waals surface area contributed by atoms with E-state index in [0.717, 1.165) is 0 Å². The number of nitrogens with zero attached hydrogens (tertiary/aromatic N) is 3. The van der Waals surface area contributed by atoms with Gasteiger partial charge in [-0.1, -0.05) is 0 Å². The van der Waals surface area contributed by atoms with Crippen LogP contribution in [0.4, 0.5) is 5.82 Å². The number of rotatable bonds is 4. The largest absolute Gasteiger partial charge is 0.394 e. The molecule has 0 amide bonds. The summed E-state index contributed by atoms with van der Waals surface area (Å²) in [4.78, 5) is 0.00735. The highest BCUT2D eigenvalue weighted by Crippen LogP contribution is 2.23. The molecule has 0 bridgehead atoms. The lowest BCUT2D eigenvalue weighted by Gasteiger charge is -2.30. The zero-order valence-corrected chi connectivity index (χ0v) is 11.5. The third kappa shape index (κ3) is 2.73. The molecule has 1 unspecified atom stereocenters. The molecule has 0 saturated carbocycles. The summed E-state index contributed by atoms with van der Waals surface area (Å²) in [6.45, 7) is 2.80. The van der Waals surface area contributed by atoms with Crippen LogP contribution in [-0.2, 0) is 21.3 Å². The second-order valence-electron chi connectivity index (χ2n) is 4.27. The fourth-order valence-corrected chi connectivity index (χ4v) is 3.45. The lowest BCUT2D eigenvalue weighted by atomic mass is 10.3. The number of hydrogen-bond acceptors (Lipinski definition) is 6. The molecule has 3 N–H and O–H groups in total. The van der Waals surface area contributed by atoms with Crippen molar-refractivity contribution >= 4 is 15.8 Å². The van der Waals surface area contributed by atoms with Gasteiger partial charge in [0.2, 0.25) is 10.0 Å². The molecule has 2 rings (SSSR count). The number of hydrogen-bond donors (Lipinski definition) is 2. The Kier molecular flexibility index (Phi) is 4.09. The molecule has 0 aliphatic carbocycles. The van der Waals surface area contributed by atoms with Gasteiger partial charge in [-0.15, -0.1) is 0 Å². The fraction of sp³-hybridized carbons (Fsp3) is 0.700. The van der Waals surface area contributed by atoms with Crippen molar-refractivity contribution in [1.29, 1.82) is 0 Å². The Morgan fingerprint density at radius 3 is 2.95 bits per heavy atom. The molecule has 0 radical (unpaired) electrons. The highest BCUT2D eigenvalue weighted by atomic mass is 32.2. The number of aryl methyl sites for hydroxylation is 1. The molecule has 19 heavy (non-hydrogen) atoms. The Bertz CT molecular complexity index is 542. The molecule has 1 saturated heterocycles. The van der Waals surface area contributed by atoms with E-state index in [2.05, 4.69) is 5.10 Å². The van der Waals surface area contributed by atoms with Gasteiger partial charge in [-0.2, -0.15) is 9.40 Å². The molecule has 9 heteroatoms. The molecular weight excluding hydrogens is 272 g/mol. The third-order valence-corrected chi connectivity index (χ3v) is 4.88. The van der Waals surface area contributed by atoms with Gasteiger partial charge in [0.25, 0.3) is 0 Å². The van der Waals surface area contributed by atoms with Crippen LogP contribution in [0, 0.1) is 0 Å². The van der Waals surface area contributed by atoms with Crippen LogP contribution in [-0.4, -0.2) is 60.0 Å². The zero-order valence-electron chi connectivity index (χ0n) is 10.7. The van der Waals surface area contributed by atoms with Crippen molar-refractivity contribution in [1.82, 2.24) is 14.1 Å². The summed E-state index contributed by atoms with van der Waals surface area (Å²) < 4.78 is 32.9. The Morgan fingerprint density at radius 1 is 1.63 bits per heavy atom. The average molecular weight is 290 g/mol. The molecule has 108 valence electrons. The summed E-state index contributed by atoms with van der Waals surface area (Å²) in [5, 5.41) is 13.0. The van der Waals surface area contributed by atoms with Gasteiger partial charge in [-0.05, 0) is 6.92 Å². The van der Waals surface area contributed by atoms with Gasteiger partial charge < -0.3 is 15.6 Å².